The number of rotatable bonds is 1. The predicted molar refractivity (Wildman–Crippen MR) is 88.3 cm³/mol. The molecular weight excluding hydrogens is 272 g/mol. The van der Waals surface area contributed by atoms with E-state index < -0.39 is 0 Å². The Morgan fingerprint density at radius 1 is 1.32 bits per heavy atom. The van der Waals surface area contributed by atoms with E-state index in [9.17, 15) is 5.11 Å². The van der Waals surface area contributed by atoms with Crippen molar-refractivity contribution < 1.29 is 5.11 Å². The van der Waals surface area contributed by atoms with Gasteiger partial charge in [-0.3, -0.25) is 4.90 Å². The summed E-state index contributed by atoms with van der Waals surface area (Å²) in [6.07, 6.45) is 5.22. The summed E-state index contributed by atoms with van der Waals surface area (Å²) in [5.41, 5.74) is 4.16. The third-order valence-corrected chi connectivity index (χ3v) is 6.50. The van der Waals surface area contributed by atoms with Crippen molar-refractivity contribution in [1.82, 2.24) is 9.88 Å². The molecule has 6 rings (SSSR count). The van der Waals surface area contributed by atoms with Crippen LogP contribution in [0.25, 0.3) is 10.9 Å². The second-order valence-corrected chi connectivity index (χ2v) is 7.59. The van der Waals surface area contributed by atoms with E-state index in [0.717, 1.165) is 24.3 Å². The quantitative estimate of drug-likeness (QED) is 0.843. The van der Waals surface area contributed by atoms with E-state index in [1.54, 1.807) is 6.07 Å². The number of H-pyrrole nitrogens is 1. The van der Waals surface area contributed by atoms with Gasteiger partial charge in [0.1, 0.15) is 5.75 Å². The molecule has 2 N–H and O–H groups in total. The number of aromatic nitrogens is 1. The van der Waals surface area contributed by atoms with Gasteiger partial charge in [0, 0.05) is 41.6 Å². The normalized spacial score (nSPS) is 36.3. The first-order chi connectivity index (χ1) is 10.7. The molecule has 4 bridgehead atoms. The lowest BCUT2D eigenvalue weighted by Gasteiger charge is -2.53. The van der Waals surface area contributed by atoms with E-state index in [-0.39, 0.29) is 0 Å². The second kappa shape index (κ2) is 4.51. The van der Waals surface area contributed by atoms with Gasteiger partial charge < -0.3 is 10.1 Å². The molecule has 0 amide bonds. The van der Waals surface area contributed by atoms with Crippen LogP contribution in [0.3, 0.4) is 0 Å². The summed E-state index contributed by atoms with van der Waals surface area (Å²) in [6.45, 7) is 4.86. The van der Waals surface area contributed by atoms with E-state index >= 15 is 0 Å². The van der Waals surface area contributed by atoms with E-state index in [1.165, 1.54) is 54.5 Å². The third-order valence-electron chi connectivity index (χ3n) is 6.50. The van der Waals surface area contributed by atoms with Gasteiger partial charge in [0.2, 0.25) is 0 Å². The number of phenolic OH excluding ortho intramolecular Hbond substituents is 1. The van der Waals surface area contributed by atoms with Gasteiger partial charge in [-0.2, -0.15) is 0 Å². The van der Waals surface area contributed by atoms with Gasteiger partial charge in [-0.05, 0) is 54.9 Å². The Bertz CT molecular complexity index is 734. The van der Waals surface area contributed by atoms with E-state index in [2.05, 4.69) is 16.8 Å². The second-order valence-electron chi connectivity index (χ2n) is 7.59. The molecule has 2 aromatic rings. The van der Waals surface area contributed by atoms with Crippen molar-refractivity contribution in [3.63, 3.8) is 0 Å². The molecule has 1 unspecified atom stereocenters. The van der Waals surface area contributed by atoms with Crippen molar-refractivity contribution >= 4 is 10.9 Å². The first-order valence-electron chi connectivity index (χ1n) is 8.82. The molecule has 0 radical (unpaired) electrons. The van der Waals surface area contributed by atoms with Crippen molar-refractivity contribution in [1.29, 1.82) is 0 Å². The van der Waals surface area contributed by atoms with Crippen molar-refractivity contribution in [2.75, 3.05) is 13.1 Å². The maximum atomic E-state index is 9.87. The molecule has 3 nitrogen and oxygen atoms in total. The molecule has 3 fully saturated rings. The number of hydrogen-bond donors (Lipinski definition) is 2. The number of aromatic hydroxyl groups is 1. The summed E-state index contributed by atoms with van der Waals surface area (Å²) in [7, 11) is 0. The van der Waals surface area contributed by atoms with Crippen LogP contribution in [-0.2, 0) is 6.42 Å². The van der Waals surface area contributed by atoms with Crippen LogP contribution in [0.2, 0.25) is 0 Å². The smallest absolute Gasteiger partial charge is 0.116 e. The van der Waals surface area contributed by atoms with Crippen LogP contribution >= 0.6 is 0 Å². The molecule has 5 atom stereocenters. The lowest BCUT2D eigenvalue weighted by Crippen LogP contribution is -2.56. The highest BCUT2D eigenvalue weighted by molar-refractivity contribution is 5.86. The maximum Gasteiger partial charge on any atom is 0.116 e. The van der Waals surface area contributed by atoms with Gasteiger partial charge in [-0.15, -0.1) is 0 Å². The van der Waals surface area contributed by atoms with Crippen molar-refractivity contribution in [2.45, 2.75) is 44.6 Å². The van der Waals surface area contributed by atoms with Crippen molar-refractivity contribution in [3.8, 4) is 5.75 Å². The Balaban J connectivity index is 1.69. The molecule has 0 spiro atoms. The number of nitrogens with zero attached hydrogens (tertiary/aromatic N) is 1. The Hall–Kier alpha value is -1.48. The number of fused-ring (bicyclic) bond motifs is 4. The average Bonchev–Trinajstić information content (AvgIpc) is 2.85. The number of benzene rings is 1. The Kier molecular flexibility index (Phi) is 2.67. The van der Waals surface area contributed by atoms with Crippen LogP contribution in [0.1, 0.15) is 43.4 Å². The molecule has 1 aromatic carbocycles. The number of phenols is 1. The van der Waals surface area contributed by atoms with Gasteiger partial charge in [0.15, 0.2) is 0 Å². The summed E-state index contributed by atoms with van der Waals surface area (Å²) in [6, 6.07) is 6.52. The van der Waals surface area contributed by atoms with E-state index in [4.69, 9.17) is 0 Å². The molecular formula is C19H24N2O. The van der Waals surface area contributed by atoms with Crippen LogP contribution in [0, 0.1) is 11.8 Å². The van der Waals surface area contributed by atoms with Crippen molar-refractivity contribution in [3.05, 3.63) is 29.5 Å². The Morgan fingerprint density at radius 3 is 3.09 bits per heavy atom. The van der Waals surface area contributed by atoms with Crippen LogP contribution in [0.5, 0.6) is 5.75 Å². The number of nitrogens with one attached hydrogen (secondary N) is 1. The molecule has 2 saturated heterocycles. The largest absolute Gasteiger partial charge is 0.508 e. The summed E-state index contributed by atoms with van der Waals surface area (Å²) in [5.74, 6) is 2.80. The standard InChI is InChI=1S/C19H24N2O/c1-2-12-7-11-8-16-18-14(5-6-21(10-11)19(12)16)15-9-13(22)3-4-17(15)20-18/h3-4,9,11-12,16,19-20,22H,2,5-8,10H2,1H3/t11-,12+,16+,19-/m1/s1. The first kappa shape index (κ1) is 13.0. The lowest BCUT2D eigenvalue weighted by atomic mass is 9.65. The highest BCUT2D eigenvalue weighted by Crippen LogP contribution is 2.51. The highest BCUT2D eigenvalue weighted by Gasteiger charge is 2.48. The molecule has 1 aromatic heterocycles. The topological polar surface area (TPSA) is 39.3 Å². The fraction of sp³-hybridized carbons (Fsp3) is 0.579. The molecule has 22 heavy (non-hydrogen) atoms. The fourth-order valence-corrected chi connectivity index (χ4v) is 5.68. The molecule has 4 aliphatic rings. The fourth-order valence-electron chi connectivity index (χ4n) is 5.68. The summed E-state index contributed by atoms with van der Waals surface area (Å²) in [4.78, 5) is 6.51. The molecule has 116 valence electrons. The third kappa shape index (κ3) is 1.66. The zero-order valence-corrected chi connectivity index (χ0v) is 13.2. The number of piperidine rings is 2. The van der Waals surface area contributed by atoms with Gasteiger partial charge in [0.25, 0.3) is 0 Å². The minimum absolute atomic E-state index is 0.384. The zero-order valence-electron chi connectivity index (χ0n) is 13.2. The van der Waals surface area contributed by atoms with Crippen molar-refractivity contribution in [2.24, 2.45) is 11.8 Å². The van der Waals surface area contributed by atoms with Gasteiger partial charge in [-0.1, -0.05) is 13.3 Å². The molecule has 1 saturated carbocycles. The van der Waals surface area contributed by atoms with Crippen LogP contribution in [0.4, 0.5) is 0 Å². The number of hydrogen-bond acceptors (Lipinski definition) is 2. The van der Waals surface area contributed by atoms with E-state index in [0.29, 0.717) is 11.7 Å². The maximum absolute atomic E-state index is 9.87. The number of aromatic amines is 1. The molecule has 4 heterocycles. The highest BCUT2D eigenvalue weighted by atomic mass is 16.3. The van der Waals surface area contributed by atoms with Crippen LogP contribution < -0.4 is 0 Å². The minimum Gasteiger partial charge on any atom is -0.508 e. The molecule has 3 aliphatic heterocycles. The Labute approximate surface area is 131 Å². The SMILES string of the molecule is CC[C@H]1C[C@@H]2C[C@H]3c4[nH]c5ccc(O)cc5c4CCN(C2)[C@H]13. The van der Waals surface area contributed by atoms with Gasteiger partial charge >= 0.3 is 0 Å². The summed E-state index contributed by atoms with van der Waals surface area (Å²) in [5, 5.41) is 11.1. The van der Waals surface area contributed by atoms with Gasteiger partial charge in [-0.25, -0.2) is 0 Å². The average molecular weight is 296 g/mol. The molecule has 1 aliphatic carbocycles. The molecule has 3 heteroatoms. The predicted octanol–water partition coefficient (Wildman–Crippen LogP) is 3.63. The minimum atomic E-state index is 0.384. The lowest BCUT2D eigenvalue weighted by molar-refractivity contribution is -0.0134. The zero-order chi connectivity index (χ0) is 14.8. The van der Waals surface area contributed by atoms with E-state index in [1.807, 2.05) is 12.1 Å². The van der Waals surface area contributed by atoms with Crippen LogP contribution in [0.15, 0.2) is 18.2 Å². The summed E-state index contributed by atoms with van der Waals surface area (Å²) < 4.78 is 0. The monoisotopic (exact) mass is 296 g/mol. The van der Waals surface area contributed by atoms with Crippen LogP contribution in [-0.4, -0.2) is 34.1 Å². The summed E-state index contributed by atoms with van der Waals surface area (Å²) >= 11 is 0. The van der Waals surface area contributed by atoms with Gasteiger partial charge in [0.05, 0.1) is 0 Å². The Morgan fingerprint density at radius 2 is 2.23 bits per heavy atom. The first-order valence-corrected chi connectivity index (χ1v) is 8.82.